The van der Waals surface area contributed by atoms with Gasteiger partial charge in [0.1, 0.15) is 6.61 Å². The summed E-state index contributed by atoms with van der Waals surface area (Å²) in [5.41, 5.74) is 0.486. The van der Waals surface area contributed by atoms with Crippen LogP contribution in [0.25, 0.3) is 0 Å². The number of hydrogen-bond donors (Lipinski definition) is 1. The Bertz CT molecular complexity index is 782. The summed E-state index contributed by atoms with van der Waals surface area (Å²) in [6.07, 6.45) is 0. The van der Waals surface area contributed by atoms with E-state index in [0.29, 0.717) is 0 Å². The van der Waals surface area contributed by atoms with Crippen molar-refractivity contribution in [2.24, 2.45) is 0 Å². The van der Waals surface area contributed by atoms with Gasteiger partial charge in [-0.15, -0.1) is 0 Å². The quantitative estimate of drug-likeness (QED) is 0.675. The van der Waals surface area contributed by atoms with Crippen LogP contribution in [-0.2, 0) is 11.4 Å². The molecule has 1 amide bonds. The number of carbonyl (C=O) groups excluding carboxylic acids is 1. The van der Waals surface area contributed by atoms with Crippen molar-refractivity contribution < 1.29 is 14.5 Å². The van der Waals surface area contributed by atoms with E-state index in [-0.39, 0.29) is 29.3 Å². The van der Waals surface area contributed by atoms with Crippen LogP contribution >= 0.6 is 0 Å². The number of anilines is 1. The van der Waals surface area contributed by atoms with Gasteiger partial charge in [0, 0.05) is 19.1 Å². The first-order valence-electron chi connectivity index (χ1n) is 6.68. The lowest BCUT2D eigenvalue weighted by molar-refractivity contribution is -0.384. The number of carbonyl (C=O) groups is 1. The summed E-state index contributed by atoms with van der Waals surface area (Å²) >= 11 is 0. The fourth-order valence-corrected chi connectivity index (χ4v) is 1.96. The van der Waals surface area contributed by atoms with Crippen molar-refractivity contribution in [3.8, 4) is 11.8 Å². The number of benzene rings is 2. The largest absolute Gasteiger partial charge is 0.486 e. The third kappa shape index (κ3) is 4.04. The lowest BCUT2D eigenvalue weighted by Gasteiger charge is -2.12. The molecule has 7 nitrogen and oxygen atoms in total. The van der Waals surface area contributed by atoms with Crippen LogP contribution < -0.4 is 10.1 Å². The summed E-state index contributed by atoms with van der Waals surface area (Å²) < 4.78 is 5.59. The SMILES string of the molecule is CC(=O)Nc1c(OCc2ccccc2)cc(C#N)cc1[N+](=O)[O-]. The van der Waals surface area contributed by atoms with Crippen LogP contribution in [0, 0.1) is 21.4 Å². The molecular formula is C16H13N3O4. The minimum Gasteiger partial charge on any atom is -0.486 e. The fourth-order valence-electron chi connectivity index (χ4n) is 1.96. The molecule has 2 rings (SSSR count). The molecule has 0 radical (unpaired) electrons. The van der Waals surface area contributed by atoms with Crippen LogP contribution in [0.15, 0.2) is 42.5 Å². The van der Waals surface area contributed by atoms with Crippen molar-refractivity contribution in [1.82, 2.24) is 0 Å². The standard InChI is InChI=1S/C16H13N3O4/c1-11(20)18-16-14(19(21)22)7-13(9-17)8-15(16)23-10-12-5-3-2-4-6-12/h2-8H,10H2,1H3,(H,18,20). The first-order chi connectivity index (χ1) is 11.0. The second-order valence-electron chi connectivity index (χ2n) is 4.69. The van der Waals surface area contributed by atoms with Crippen LogP contribution in [0.1, 0.15) is 18.1 Å². The van der Waals surface area contributed by atoms with E-state index in [1.165, 1.54) is 13.0 Å². The second kappa shape index (κ2) is 7.04. The summed E-state index contributed by atoms with van der Waals surface area (Å²) in [7, 11) is 0. The normalized spacial score (nSPS) is 9.74. The topological polar surface area (TPSA) is 105 Å². The number of rotatable bonds is 5. The molecule has 0 spiro atoms. The highest BCUT2D eigenvalue weighted by Gasteiger charge is 2.22. The van der Waals surface area contributed by atoms with E-state index < -0.39 is 10.8 Å². The Balaban J connectivity index is 2.42. The van der Waals surface area contributed by atoms with Crippen LogP contribution in [0.5, 0.6) is 5.75 Å². The molecule has 0 atom stereocenters. The second-order valence-corrected chi connectivity index (χ2v) is 4.69. The molecular weight excluding hydrogens is 298 g/mol. The maximum Gasteiger partial charge on any atom is 0.297 e. The highest BCUT2D eigenvalue weighted by Crippen LogP contribution is 2.36. The molecule has 0 aromatic heterocycles. The van der Waals surface area contributed by atoms with E-state index in [0.717, 1.165) is 11.6 Å². The number of nitrogens with one attached hydrogen (secondary N) is 1. The smallest absolute Gasteiger partial charge is 0.297 e. The first-order valence-corrected chi connectivity index (χ1v) is 6.68. The summed E-state index contributed by atoms with van der Waals surface area (Å²) in [6.45, 7) is 1.39. The van der Waals surface area contributed by atoms with Crippen LogP contribution in [-0.4, -0.2) is 10.8 Å². The summed E-state index contributed by atoms with van der Waals surface area (Å²) in [5.74, 6) is -0.392. The highest BCUT2D eigenvalue weighted by atomic mass is 16.6. The zero-order valence-corrected chi connectivity index (χ0v) is 12.3. The third-order valence-electron chi connectivity index (χ3n) is 2.95. The number of nitro benzene ring substituents is 1. The number of nitriles is 1. The van der Waals surface area contributed by atoms with Crippen molar-refractivity contribution in [2.75, 3.05) is 5.32 Å². The molecule has 0 aliphatic carbocycles. The lowest BCUT2D eigenvalue weighted by Crippen LogP contribution is -2.10. The van der Waals surface area contributed by atoms with Gasteiger partial charge in [-0.3, -0.25) is 14.9 Å². The first kappa shape index (κ1) is 16.0. The monoisotopic (exact) mass is 311 g/mol. The minimum atomic E-state index is -0.665. The summed E-state index contributed by atoms with van der Waals surface area (Å²) in [6, 6.07) is 13.5. The van der Waals surface area contributed by atoms with Crippen molar-refractivity contribution in [3.05, 3.63) is 63.7 Å². The molecule has 0 heterocycles. The molecule has 0 bridgehead atoms. The Morgan fingerprint density at radius 3 is 2.61 bits per heavy atom. The molecule has 116 valence electrons. The van der Waals surface area contributed by atoms with Gasteiger partial charge in [-0.1, -0.05) is 30.3 Å². The van der Waals surface area contributed by atoms with Crippen LogP contribution in [0.4, 0.5) is 11.4 Å². The Morgan fingerprint density at radius 1 is 1.35 bits per heavy atom. The Kier molecular flexibility index (Phi) is 4.89. The average molecular weight is 311 g/mol. The van der Waals surface area contributed by atoms with Gasteiger partial charge in [-0.2, -0.15) is 5.26 Å². The minimum absolute atomic E-state index is 0.0579. The molecule has 7 heteroatoms. The average Bonchev–Trinajstić information content (AvgIpc) is 2.53. The Labute approximate surface area is 132 Å². The highest BCUT2D eigenvalue weighted by molar-refractivity contribution is 5.93. The van der Waals surface area contributed by atoms with Gasteiger partial charge < -0.3 is 10.1 Å². The number of amides is 1. The van der Waals surface area contributed by atoms with Gasteiger partial charge in [0.25, 0.3) is 5.69 Å². The van der Waals surface area contributed by atoms with E-state index in [9.17, 15) is 14.9 Å². The molecule has 23 heavy (non-hydrogen) atoms. The summed E-state index contributed by atoms with van der Waals surface area (Å²) in [4.78, 5) is 21.8. The van der Waals surface area contributed by atoms with E-state index in [1.807, 2.05) is 36.4 Å². The van der Waals surface area contributed by atoms with Crippen molar-refractivity contribution >= 4 is 17.3 Å². The molecule has 2 aromatic rings. The molecule has 0 fully saturated rings. The number of nitrogens with zero attached hydrogens (tertiary/aromatic N) is 2. The van der Waals surface area contributed by atoms with E-state index in [1.54, 1.807) is 0 Å². The Morgan fingerprint density at radius 2 is 2.04 bits per heavy atom. The van der Waals surface area contributed by atoms with Crippen LogP contribution in [0.3, 0.4) is 0 Å². The third-order valence-corrected chi connectivity index (χ3v) is 2.95. The van der Waals surface area contributed by atoms with Gasteiger partial charge in [0.05, 0.1) is 16.6 Å². The molecule has 1 N–H and O–H groups in total. The van der Waals surface area contributed by atoms with Crippen molar-refractivity contribution in [3.63, 3.8) is 0 Å². The van der Waals surface area contributed by atoms with Crippen molar-refractivity contribution in [2.45, 2.75) is 13.5 Å². The van der Waals surface area contributed by atoms with Gasteiger partial charge in [-0.05, 0) is 5.56 Å². The maximum atomic E-state index is 11.3. The maximum absolute atomic E-state index is 11.3. The predicted octanol–water partition coefficient (Wildman–Crippen LogP) is 3.00. The van der Waals surface area contributed by atoms with E-state index in [4.69, 9.17) is 10.00 Å². The zero-order chi connectivity index (χ0) is 16.8. The summed E-state index contributed by atoms with van der Waals surface area (Å²) in [5, 5.41) is 22.6. The van der Waals surface area contributed by atoms with Crippen molar-refractivity contribution in [1.29, 1.82) is 5.26 Å². The van der Waals surface area contributed by atoms with Gasteiger partial charge in [0.2, 0.25) is 5.91 Å². The number of ether oxygens (including phenoxy) is 1. The molecule has 0 aliphatic heterocycles. The van der Waals surface area contributed by atoms with E-state index in [2.05, 4.69) is 5.32 Å². The van der Waals surface area contributed by atoms with Gasteiger partial charge in [0.15, 0.2) is 11.4 Å². The fraction of sp³-hybridized carbons (Fsp3) is 0.125. The van der Waals surface area contributed by atoms with Gasteiger partial charge in [-0.25, -0.2) is 0 Å². The number of nitro groups is 1. The molecule has 0 unspecified atom stereocenters. The predicted molar refractivity (Wildman–Crippen MR) is 82.9 cm³/mol. The molecule has 0 saturated heterocycles. The van der Waals surface area contributed by atoms with Gasteiger partial charge >= 0.3 is 0 Å². The molecule has 2 aromatic carbocycles. The number of hydrogen-bond acceptors (Lipinski definition) is 5. The van der Waals surface area contributed by atoms with Crippen LogP contribution in [0.2, 0.25) is 0 Å². The van der Waals surface area contributed by atoms with E-state index >= 15 is 0 Å². The Hall–Kier alpha value is -3.40. The molecule has 0 saturated carbocycles. The molecule has 0 aliphatic rings. The zero-order valence-electron chi connectivity index (χ0n) is 12.3. The lowest BCUT2D eigenvalue weighted by atomic mass is 10.1.